The molecule has 0 radical (unpaired) electrons. The van der Waals surface area contributed by atoms with Crippen LogP contribution in [0.2, 0.25) is 0 Å². The number of fused-ring (bicyclic) bond motifs is 1. The van der Waals surface area contributed by atoms with E-state index in [1.807, 2.05) is 24.5 Å². The zero-order valence-corrected chi connectivity index (χ0v) is 14.0. The lowest BCUT2D eigenvalue weighted by Gasteiger charge is -2.35. The van der Waals surface area contributed by atoms with Crippen LogP contribution >= 0.6 is 0 Å². The molecule has 22 heavy (non-hydrogen) atoms. The van der Waals surface area contributed by atoms with Gasteiger partial charge >= 0.3 is 0 Å². The number of hydrogen-bond donors (Lipinski definition) is 1. The number of aromatic nitrogens is 3. The first-order valence-corrected chi connectivity index (χ1v) is 7.91. The smallest absolute Gasteiger partial charge is 0.163 e. The standard InChI is InChI=1S/C16H26N6/c1-16(2,17)22-11-18-13-5-6-14(19-15(13)22)21-9-7-12(8-10-21)20(3)4/h5-6,11-12H,7-10,17H2,1-4H3. The lowest BCUT2D eigenvalue weighted by Crippen LogP contribution is -2.42. The predicted molar refractivity (Wildman–Crippen MR) is 90.0 cm³/mol. The second-order valence-corrected chi connectivity index (χ2v) is 6.96. The Labute approximate surface area is 131 Å². The minimum atomic E-state index is -0.502. The number of rotatable bonds is 3. The van der Waals surface area contributed by atoms with Crippen LogP contribution in [-0.4, -0.2) is 52.7 Å². The summed E-state index contributed by atoms with van der Waals surface area (Å²) in [5.74, 6) is 1.02. The third-order valence-corrected chi connectivity index (χ3v) is 4.52. The fourth-order valence-corrected chi connectivity index (χ4v) is 3.09. The summed E-state index contributed by atoms with van der Waals surface area (Å²) in [6.45, 7) is 6.01. The van der Waals surface area contributed by atoms with Gasteiger partial charge in [0.25, 0.3) is 0 Å². The summed E-state index contributed by atoms with van der Waals surface area (Å²) in [5, 5.41) is 0. The summed E-state index contributed by atoms with van der Waals surface area (Å²) in [7, 11) is 4.32. The second-order valence-electron chi connectivity index (χ2n) is 6.96. The van der Waals surface area contributed by atoms with Gasteiger partial charge in [-0.05, 0) is 52.9 Å². The van der Waals surface area contributed by atoms with Crippen molar-refractivity contribution in [2.45, 2.75) is 38.4 Å². The van der Waals surface area contributed by atoms with Crippen molar-refractivity contribution in [3.05, 3.63) is 18.5 Å². The van der Waals surface area contributed by atoms with Crippen LogP contribution in [-0.2, 0) is 5.66 Å². The third kappa shape index (κ3) is 2.80. The molecule has 3 heterocycles. The second kappa shape index (κ2) is 5.52. The van der Waals surface area contributed by atoms with Crippen molar-refractivity contribution >= 4 is 17.0 Å². The van der Waals surface area contributed by atoms with Crippen LogP contribution in [0.15, 0.2) is 18.5 Å². The van der Waals surface area contributed by atoms with E-state index in [1.165, 1.54) is 12.8 Å². The van der Waals surface area contributed by atoms with Gasteiger partial charge in [0.05, 0.1) is 12.0 Å². The molecular weight excluding hydrogens is 276 g/mol. The zero-order valence-electron chi connectivity index (χ0n) is 14.0. The van der Waals surface area contributed by atoms with E-state index in [0.29, 0.717) is 6.04 Å². The van der Waals surface area contributed by atoms with Crippen LogP contribution in [0.1, 0.15) is 26.7 Å². The molecule has 0 atom stereocenters. The lowest BCUT2D eigenvalue weighted by atomic mass is 10.0. The maximum atomic E-state index is 6.21. The number of piperidine rings is 1. The van der Waals surface area contributed by atoms with Crippen molar-refractivity contribution in [1.29, 1.82) is 0 Å². The first-order chi connectivity index (χ1) is 10.4. The number of imidazole rings is 1. The largest absolute Gasteiger partial charge is 0.356 e. The van der Waals surface area contributed by atoms with Crippen LogP contribution in [0.4, 0.5) is 5.82 Å². The Morgan fingerprint density at radius 1 is 1.23 bits per heavy atom. The van der Waals surface area contributed by atoms with E-state index in [-0.39, 0.29) is 0 Å². The first-order valence-electron chi connectivity index (χ1n) is 7.91. The molecule has 0 bridgehead atoms. The molecule has 6 heteroatoms. The normalized spacial score (nSPS) is 17.6. The molecule has 0 saturated carbocycles. The highest BCUT2D eigenvalue weighted by Crippen LogP contribution is 2.24. The van der Waals surface area contributed by atoms with Crippen molar-refractivity contribution < 1.29 is 0 Å². The van der Waals surface area contributed by atoms with Crippen LogP contribution < -0.4 is 10.6 Å². The molecule has 120 valence electrons. The maximum absolute atomic E-state index is 6.21. The lowest BCUT2D eigenvalue weighted by molar-refractivity contribution is 0.249. The highest BCUT2D eigenvalue weighted by molar-refractivity contribution is 5.73. The average molecular weight is 302 g/mol. The molecule has 0 spiro atoms. The fraction of sp³-hybridized carbons (Fsp3) is 0.625. The van der Waals surface area contributed by atoms with E-state index < -0.39 is 5.66 Å². The van der Waals surface area contributed by atoms with E-state index in [1.54, 1.807) is 6.33 Å². The van der Waals surface area contributed by atoms with Crippen molar-refractivity contribution in [2.75, 3.05) is 32.1 Å². The highest BCUT2D eigenvalue weighted by Gasteiger charge is 2.23. The Bertz CT molecular complexity index is 646. The molecule has 6 nitrogen and oxygen atoms in total. The SMILES string of the molecule is CN(C)C1CCN(c2ccc3ncn(C(C)(C)N)c3n2)CC1. The zero-order chi connectivity index (χ0) is 15.9. The van der Waals surface area contributed by atoms with Gasteiger partial charge < -0.3 is 15.5 Å². The topological polar surface area (TPSA) is 63.2 Å². The summed E-state index contributed by atoms with van der Waals surface area (Å²) in [6.07, 6.45) is 4.13. The molecule has 1 aliphatic rings. The molecule has 0 aliphatic carbocycles. The summed E-state index contributed by atoms with van der Waals surface area (Å²) in [4.78, 5) is 13.9. The number of anilines is 1. The Hall–Kier alpha value is -1.66. The van der Waals surface area contributed by atoms with Gasteiger partial charge in [0.1, 0.15) is 11.3 Å². The van der Waals surface area contributed by atoms with E-state index >= 15 is 0 Å². The molecule has 2 aromatic heterocycles. The highest BCUT2D eigenvalue weighted by atomic mass is 15.3. The predicted octanol–water partition coefficient (Wildman–Crippen LogP) is 1.61. The van der Waals surface area contributed by atoms with E-state index in [2.05, 4.69) is 34.9 Å². The Kier molecular flexibility index (Phi) is 3.82. The van der Waals surface area contributed by atoms with E-state index in [0.717, 1.165) is 30.1 Å². The monoisotopic (exact) mass is 302 g/mol. The van der Waals surface area contributed by atoms with Crippen LogP contribution in [0.25, 0.3) is 11.2 Å². The van der Waals surface area contributed by atoms with Gasteiger partial charge in [0, 0.05) is 19.1 Å². The third-order valence-electron chi connectivity index (χ3n) is 4.52. The summed E-state index contributed by atoms with van der Waals surface area (Å²) in [6, 6.07) is 4.78. The molecule has 0 amide bonds. The van der Waals surface area contributed by atoms with Crippen molar-refractivity contribution in [2.24, 2.45) is 5.73 Å². The van der Waals surface area contributed by atoms with Crippen LogP contribution in [0, 0.1) is 0 Å². The van der Waals surface area contributed by atoms with Crippen LogP contribution in [0.3, 0.4) is 0 Å². The van der Waals surface area contributed by atoms with Gasteiger partial charge in [-0.1, -0.05) is 0 Å². The molecule has 2 N–H and O–H groups in total. The minimum absolute atomic E-state index is 0.502. The molecule has 1 fully saturated rings. The number of nitrogens with two attached hydrogens (primary N) is 1. The molecule has 0 aromatic carbocycles. The number of hydrogen-bond acceptors (Lipinski definition) is 5. The van der Waals surface area contributed by atoms with Crippen molar-refractivity contribution in [1.82, 2.24) is 19.4 Å². The molecule has 1 saturated heterocycles. The fourth-order valence-electron chi connectivity index (χ4n) is 3.09. The van der Waals surface area contributed by atoms with Gasteiger partial charge in [-0.25, -0.2) is 9.97 Å². The van der Waals surface area contributed by atoms with E-state index in [4.69, 9.17) is 10.7 Å². The number of pyridine rings is 1. The van der Waals surface area contributed by atoms with Gasteiger partial charge in [0.15, 0.2) is 5.65 Å². The van der Waals surface area contributed by atoms with Crippen molar-refractivity contribution in [3.8, 4) is 0 Å². The van der Waals surface area contributed by atoms with Crippen LogP contribution in [0.5, 0.6) is 0 Å². The quantitative estimate of drug-likeness (QED) is 0.933. The molecule has 1 aliphatic heterocycles. The minimum Gasteiger partial charge on any atom is -0.356 e. The van der Waals surface area contributed by atoms with Gasteiger partial charge in [-0.2, -0.15) is 0 Å². The molecule has 3 rings (SSSR count). The number of nitrogens with zero attached hydrogens (tertiary/aromatic N) is 5. The van der Waals surface area contributed by atoms with E-state index in [9.17, 15) is 0 Å². The Balaban J connectivity index is 1.86. The Morgan fingerprint density at radius 2 is 1.91 bits per heavy atom. The van der Waals surface area contributed by atoms with Gasteiger partial charge in [0.2, 0.25) is 0 Å². The molecule has 0 unspecified atom stereocenters. The summed E-state index contributed by atoms with van der Waals surface area (Å²) < 4.78 is 1.94. The summed E-state index contributed by atoms with van der Waals surface area (Å²) in [5.41, 5.74) is 7.46. The van der Waals surface area contributed by atoms with Gasteiger partial charge in [-0.3, -0.25) is 4.57 Å². The van der Waals surface area contributed by atoms with Crippen molar-refractivity contribution in [3.63, 3.8) is 0 Å². The average Bonchev–Trinajstić information content (AvgIpc) is 2.90. The first kappa shape index (κ1) is 15.2. The Morgan fingerprint density at radius 3 is 2.50 bits per heavy atom. The maximum Gasteiger partial charge on any atom is 0.163 e. The summed E-state index contributed by atoms with van der Waals surface area (Å²) >= 11 is 0. The van der Waals surface area contributed by atoms with Gasteiger partial charge in [-0.15, -0.1) is 0 Å². The molecular formula is C16H26N6. The molecule has 2 aromatic rings.